The fourth-order valence-electron chi connectivity index (χ4n) is 8.69. The zero-order valence-corrected chi connectivity index (χ0v) is 44.8. The molecule has 6 amide bonds. The predicted molar refractivity (Wildman–Crippen MR) is 259 cm³/mol. The number of likely N-dealkylation sites (N-methyl/N-ethyl adjacent to an activating group) is 1. The normalized spacial score (nSPS) is 30.4. The Morgan fingerprint density at radius 2 is 1.37 bits per heavy atom. The van der Waals surface area contributed by atoms with Gasteiger partial charge in [-0.25, -0.2) is 19.2 Å². The van der Waals surface area contributed by atoms with Crippen LogP contribution in [0.4, 0.5) is 19.2 Å². The number of nitrogens with two attached hydrogens (primary N) is 1. The number of rotatable bonds is 14. The first kappa shape index (κ1) is 60.8. The van der Waals surface area contributed by atoms with Gasteiger partial charge in [-0.3, -0.25) is 14.5 Å². The van der Waals surface area contributed by atoms with E-state index >= 15 is 0 Å². The molecule has 0 spiro atoms. The Morgan fingerprint density at radius 1 is 0.808 bits per heavy atom. The van der Waals surface area contributed by atoms with Crippen LogP contribution < -0.4 is 27.0 Å². The van der Waals surface area contributed by atoms with E-state index in [-0.39, 0.29) is 44.7 Å². The Balaban J connectivity index is 1.73. The zero-order valence-electron chi connectivity index (χ0n) is 44.8. The van der Waals surface area contributed by atoms with Gasteiger partial charge < -0.3 is 90.2 Å². The van der Waals surface area contributed by atoms with Crippen LogP contribution in [-0.2, 0) is 47.5 Å². The first-order valence-corrected chi connectivity index (χ1v) is 24.8. The molecule has 3 aliphatic heterocycles. The molecule has 3 fully saturated rings. The summed E-state index contributed by atoms with van der Waals surface area (Å²) in [5.41, 5.74) is 0.506. The van der Waals surface area contributed by atoms with Crippen LogP contribution in [0.25, 0.3) is 0 Å². The standard InChI is InChI=1S/C48H83N7O18/c1-44(2,3)70-40(61)50-20-19-30(56)37(60)52-27-22-28(53-41(62)71-45(4,5)6)34(31(57)33(27)69-39-32(58)35(48(13,65)24-66-39)54(14)42(63)72-46(7,8)9)68-38-26(18-17-25(23-49)67-38)51-36(59)29-16-15-21-55(29)43(64)73-47(10,11)12/h17,26-35,38-39,56-58,65H,15-16,18-24,49H2,1-14H3,(H,50,61)(H,51,59)(H,52,60)(H,53,62)/t26-,27-,28+,29?,30+,31-,32-,33+,34-,35-,38-,39-,48+/m1/s1. The third-order valence-corrected chi connectivity index (χ3v) is 11.8. The van der Waals surface area contributed by atoms with E-state index in [4.69, 9.17) is 43.6 Å². The van der Waals surface area contributed by atoms with E-state index < -0.39 is 144 Å². The zero-order chi connectivity index (χ0) is 55.2. The summed E-state index contributed by atoms with van der Waals surface area (Å²) in [6.07, 6.45) is -13.3. The van der Waals surface area contributed by atoms with Crippen molar-refractivity contribution in [3.05, 3.63) is 11.8 Å². The molecule has 4 rings (SSSR count). The van der Waals surface area contributed by atoms with Crippen molar-refractivity contribution in [2.45, 2.75) is 223 Å². The molecular formula is C48H83N7O18. The van der Waals surface area contributed by atoms with Gasteiger partial charge in [0.15, 0.2) is 6.29 Å². The minimum Gasteiger partial charge on any atom is -0.466 e. The molecule has 10 N–H and O–H groups in total. The highest BCUT2D eigenvalue weighted by molar-refractivity contribution is 5.86. The van der Waals surface area contributed by atoms with Gasteiger partial charge in [0.05, 0.1) is 37.3 Å². The van der Waals surface area contributed by atoms with Crippen LogP contribution in [0.5, 0.6) is 0 Å². The van der Waals surface area contributed by atoms with Crippen molar-refractivity contribution in [2.24, 2.45) is 5.73 Å². The molecule has 418 valence electrons. The van der Waals surface area contributed by atoms with Gasteiger partial charge in [-0.2, -0.15) is 0 Å². The average molecular weight is 1050 g/mol. The van der Waals surface area contributed by atoms with E-state index in [0.717, 1.165) is 4.90 Å². The number of alkyl carbamates (subject to hydrolysis) is 2. The van der Waals surface area contributed by atoms with Gasteiger partial charge in [0.25, 0.3) is 0 Å². The van der Waals surface area contributed by atoms with Crippen molar-refractivity contribution in [3.8, 4) is 0 Å². The molecule has 1 saturated carbocycles. The molecule has 3 heterocycles. The SMILES string of the molecule is CN(C(=O)OC(C)(C)C)[C@@H]1[C@@H](O)[C@@H](O[C@@H]2[C@@H](O)[C@H](O[C@H]3OC(CN)=CC[C@H]3NC(=O)C3CCCN3C(=O)OC(C)(C)C)[C@@H](NC(=O)OC(C)(C)C)C[C@H]2NC(=O)[C@@H](O)CCNC(=O)OC(C)(C)C)OC[C@]1(C)O. The molecule has 25 heteroatoms. The van der Waals surface area contributed by atoms with Crippen molar-refractivity contribution in [1.82, 2.24) is 31.1 Å². The summed E-state index contributed by atoms with van der Waals surface area (Å²) in [5.74, 6) is -1.28. The summed E-state index contributed by atoms with van der Waals surface area (Å²) in [7, 11) is 1.30. The maximum atomic E-state index is 14.0. The highest BCUT2D eigenvalue weighted by atomic mass is 16.7. The summed E-state index contributed by atoms with van der Waals surface area (Å²) in [6, 6.07) is -5.98. The Bertz CT molecular complexity index is 1960. The summed E-state index contributed by atoms with van der Waals surface area (Å²) < 4.78 is 46.9. The molecular weight excluding hydrogens is 963 g/mol. The van der Waals surface area contributed by atoms with Crippen LogP contribution in [0.15, 0.2) is 11.8 Å². The number of hydrogen-bond donors (Lipinski definition) is 9. The first-order chi connectivity index (χ1) is 33.5. The maximum Gasteiger partial charge on any atom is 0.410 e. The molecule has 13 atom stereocenters. The Hall–Kier alpha value is -4.76. The molecule has 1 aliphatic carbocycles. The smallest absolute Gasteiger partial charge is 0.410 e. The van der Waals surface area contributed by atoms with Crippen molar-refractivity contribution in [2.75, 3.05) is 33.3 Å². The van der Waals surface area contributed by atoms with Gasteiger partial charge in [0.1, 0.15) is 70.3 Å². The molecule has 0 bridgehead atoms. The number of hydrogen-bond acceptors (Lipinski definition) is 19. The van der Waals surface area contributed by atoms with Crippen LogP contribution in [-0.4, -0.2) is 201 Å². The van der Waals surface area contributed by atoms with Crippen molar-refractivity contribution < 1.29 is 87.1 Å². The number of amides is 6. The van der Waals surface area contributed by atoms with Crippen molar-refractivity contribution >= 4 is 36.2 Å². The number of ether oxygens (including phenoxy) is 8. The monoisotopic (exact) mass is 1050 g/mol. The first-order valence-electron chi connectivity index (χ1n) is 24.8. The summed E-state index contributed by atoms with van der Waals surface area (Å²) in [4.78, 5) is 82.6. The number of carbonyl (C=O) groups excluding carboxylic acids is 6. The largest absolute Gasteiger partial charge is 0.466 e. The van der Waals surface area contributed by atoms with Gasteiger partial charge in [-0.05, 0) is 128 Å². The van der Waals surface area contributed by atoms with Gasteiger partial charge >= 0.3 is 24.4 Å². The van der Waals surface area contributed by atoms with E-state index in [9.17, 15) is 49.2 Å². The lowest BCUT2D eigenvalue weighted by molar-refractivity contribution is -0.311. The Labute approximate surface area is 427 Å². The van der Waals surface area contributed by atoms with E-state index in [1.807, 2.05) is 0 Å². The summed E-state index contributed by atoms with van der Waals surface area (Å²) >= 11 is 0. The molecule has 0 aromatic carbocycles. The fraction of sp³-hybridized carbons (Fsp3) is 0.833. The van der Waals surface area contributed by atoms with E-state index in [0.29, 0.717) is 12.8 Å². The number of nitrogens with one attached hydrogen (secondary N) is 4. The van der Waals surface area contributed by atoms with Gasteiger partial charge in [-0.15, -0.1) is 0 Å². The maximum absolute atomic E-state index is 14.0. The van der Waals surface area contributed by atoms with Crippen molar-refractivity contribution in [3.63, 3.8) is 0 Å². The van der Waals surface area contributed by atoms with E-state index in [2.05, 4.69) is 21.3 Å². The van der Waals surface area contributed by atoms with E-state index in [1.54, 1.807) is 89.2 Å². The Morgan fingerprint density at radius 3 is 1.95 bits per heavy atom. The molecule has 25 nitrogen and oxygen atoms in total. The minimum atomic E-state index is -1.92. The third kappa shape index (κ3) is 18.0. The highest BCUT2D eigenvalue weighted by Gasteiger charge is 2.55. The van der Waals surface area contributed by atoms with Gasteiger partial charge in [-0.1, -0.05) is 0 Å². The van der Waals surface area contributed by atoms with Crippen LogP contribution >= 0.6 is 0 Å². The molecule has 0 aromatic heterocycles. The predicted octanol–water partition coefficient (Wildman–Crippen LogP) is 1.35. The fourth-order valence-corrected chi connectivity index (χ4v) is 8.69. The summed E-state index contributed by atoms with van der Waals surface area (Å²) in [6.45, 7) is 20.7. The van der Waals surface area contributed by atoms with Crippen molar-refractivity contribution in [1.29, 1.82) is 0 Å². The molecule has 4 aliphatic rings. The lowest BCUT2D eigenvalue weighted by Crippen LogP contribution is -2.71. The Kier molecular flexibility index (Phi) is 20.2. The lowest BCUT2D eigenvalue weighted by Gasteiger charge is -2.50. The molecule has 73 heavy (non-hydrogen) atoms. The van der Waals surface area contributed by atoms with Crippen LogP contribution in [0, 0.1) is 0 Å². The molecule has 1 unspecified atom stereocenters. The minimum absolute atomic E-state index is 0.0998. The number of likely N-dealkylation sites (tertiary alicyclic amines) is 1. The van der Waals surface area contributed by atoms with Crippen LogP contribution in [0.3, 0.4) is 0 Å². The highest BCUT2D eigenvalue weighted by Crippen LogP contribution is 2.35. The second-order valence-electron chi connectivity index (χ2n) is 23.1. The summed E-state index contributed by atoms with van der Waals surface area (Å²) in [5, 5.41) is 57.9. The van der Waals surface area contributed by atoms with Crippen LogP contribution in [0.1, 0.15) is 122 Å². The molecule has 0 aromatic rings. The number of aliphatic hydroxyl groups is 4. The van der Waals surface area contributed by atoms with Gasteiger partial charge in [0.2, 0.25) is 18.1 Å². The topological polar surface area (TPSA) is 338 Å². The number of carbonyl (C=O) groups is 6. The molecule has 0 radical (unpaired) electrons. The number of nitrogens with zero attached hydrogens (tertiary/aromatic N) is 2. The average Bonchev–Trinajstić information content (AvgIpc) is 3.73. The lowest BCUT2D eigenvalue weighted by atomic mass is 9.82. The second kappa shape index (κ2) is 24.3. The second-order valence-corrected chi connectivity index (χ2v) is 23.1. The van der Waals surface area contributed by atoms with E-state index in [1.165, 1.54) is 18.9 Å². The van der Waals surface area contributed by atoms with Gasteiger partial charge in [0, 0.05) is 20.1 Å². The number of aliphatic hydroxyl groups excluding tert-OH is 3. The quantitative estimate of drug-likeness (QED) is 0.111. The van der Waals surface area contributed by atoms with Crippen LogP contribution in [0.2, 0.25) is 0 Å². The molecule has 2 saturated heterocycles. The third-order valence-electron chi connectivity index (χ3n) is 11.8.